The van der Waals surface area contributed by atoms with Gasteiger partial charge in [-0.05, 0) is 40.7 Å². The minimum absolute atomic E-state index is 0.109. The SMILES string of the molecule is CCNC(=NCc1ccccc1OCC)NC(C)c1nc(C)c(C(=O)OCC)s1. The molecule has 0 aliphatic rings. The number of nitrogens with zero attached hydrogens (tertiary/aromatic N) is 2. The van der Waals surface area contributed by atoms with E-state index in [1.807, 2.05) is 52.0 Å². The molecule has 1 heterocycles. The Kier molecular flexibility index (Phi) is 8.92. The van der Waals surface area contributed by atoms with E-state index in [1.54, 1.807) is 6.92 Å². The number of carbonyl (C=O) groups is 1. The van der Waals surface area contributed by atoms with E-state index < -0.39 is 0 Å². The van der Waals surface area contributed by atoms with Crippen LogP contribution in [0.2, 0.25) is 0 Å². The van der Waals surface area contributed by atoms with Gasteiger partial charge >= 0.3 is 5.97 Å². The molecule has 0 saturated carbocycles. The first-order chi connectivity index (χ1) is 14.0. The van der Waals surface area contributed by atoms with Crippen LogP contribution in [-0.4, -0.2) is 36.7 Å². The Morgan fingerprint density at radius 3 is 2.69 bits per heavy atom. The zero-order valence-electron chi connectivity index (χ0n) is 17.7. The van der Waals surface area contributed by atoms with Crippen LogP contribution in [0.1, 0.15) is 59.7 Å². The van der Waals surface area contributed by atoms with Crippen LogP contribution in [0.5, 0.6) is 5.75 Å². The molecule has 0 amide bonds. The van der Waals surface area contributed by atoms with Gasteiger partial charge in [0.1, 0.15) is 15.6 Å². The first-order valence-corrected chi connectivity index (χ1v) is 10.7. The van der Waals surface area contributed by atoms with Crippen molar-refractivity contribution in [1.29, 1.82) is 0 Å². The van der Waals surface area contributed by atoms with Gasteiger partial charge in [-0.2, -0.15) is 0 Å². The van der Waals surface area contributed by atoms with Crippen molar-refractivity contribution in [2.75, 3.05) is 19.8 Å². The molecule has 1 aromatic carbocycles. The second-order valence-corrected chi connectivity index (χ2v) is 7.32. The number of rotatable bonds is 9. The van der Waals surface area contributed by atoms with Crippen molar-refractivity contribution in [3.05, 3.63) is 45.4 Å². The van der Waals surface area contributed by atoms with Gasteiger partial charge in [-0.25, -0.2) is 14.8 Å². The van der Waals surface area contributed by atoms with Gasteiger partial charge in [0.25, 0.3) is 0 Å². The van der Waals surface area contributed by atoms with Gasteiger partial charge in [-0.3, -0.25) is 0 Å². The quantitative estimate of drug-likeness (QED) is 0.366. The molecule has 0 spiro atoms. The van der Waals surface area contributed by atoms with Gasteiger partial charge in [0.05, 0.1) is 31.5 Å². The Morgan fingerprint density at radius 2 is 2.00 bits per heavy atom. The highest BCUT2D eigenvalue weighted by Gasteiger charge is 2.20. The topological polar surface area (TPSA) is 84.8 Å². The van der Waals surface area contributed by atoms with E-state index in [9.17, 15) is 4.79 Å². The molecular formula is C21H30N4O3S. The third-order valence-electron chi connectivity index (χ3n) is 4.02. The molecule has 1 unspecified atom stereocenters. The fraction of sp³-hybridized carbons (Fsp3) is 0.476. The Labute approximate surface area is 176 Å². The van der Waals surface area contributed by atoms with Crippen LogP contribution in [0.3, 0.4) is 0 Å². The number of guanidine groups is 1. The van der Waals surface area contributed by atoms with Crippen LogP contribution in [-0.2, 0) is 11.3 Å². The van der Waals surface area contributed by atoms with Gasteiger partial charge in [0, 0.05) is 12.1 Å². The summed E-state index contributed by atoms with van der Waals surface area (Å²) in [6.45, 7) is 11.8. The van der Waals surface area contributed by atoms with E-state index in [1.165, 1.54) is 11.3 Å². The molecule has 0 aliphatic heterocycles. The van der Waals surface area contributed by atoms with Crippen molar-refractivity contribution in [2.45, 2.75) is 47.2 Å². The minimum Gasteiger partial charge on any atom is -0.494 e. The summed E-state index contributed by atoms with van der Waals surface area (Å²) >= 11 is 1.35. The summed E-state index contributed by atoms with van der Waals surface area (Å²) in [5, 5.41) is 7.43. The summed E-state index contributed by atoms with van der Waals surface area (Å²) in [4.78, 5) is 21.8. The monoisotopic (exact) mass is 418 g/mol. The summed E-state index contributed by atoms with van der Waals surface area (Å²) in [7, 11) is 0. The molecule has 1 aromatic heterocycles. The minimum atomic E-state index is -0.325. The maximum atomic E-state index is 12.1. The smallest absolute Gasteiger partial charge is 0.350 e. The van der Waals surface area contributed by atoms with Crippen LogP contribution < -0.4 is 15.4 Å². The maximum Gasteiger partial charge on any atom is 0.350 e. The van der Waals surface area contributed by atoms with Crippen molar-refractivity contribution in [3.8, 4) is 5.75 Å². The maximum absolute atomic E-state index is 12.1. The Hall–Kier alpha value is -2.61. The van der Waals surface area contributed by atoms with Gasteiger partial charge in [0.2, 0.25) is 0 Å². The number of aliphatic imine (C=N–C) groups is 1. The lowest BCUT2D eigenvalue weighted by Gasteiger charge is -2.16. The molecular weight excluding hydrogens is 388 g/mol. The van der Waals surface area contributed by atoms with Crippen molar-refractivity contribution < 1.29 is 14.3 Å². The van der Waals surface area contributed by atoms with E-state index in [4.69, 9.17) is 9.47 Å². The Bertz CT molecular complexity index is 835. The largest absolute Gasteiger partial charge is 0.494 e. The van der Waals surface area contributed by atoms with Crippen LogP contribution in [0, 0.1) is 6.92 Å². The number of thiazole rings is 1. The highest BCUT2D eigenvalue weighted by molar-refractivity contribution is 7.13. The zero-order valence-corrected chi connectivity index (χ0v) is 18.6. The molecule has 7 nitrogen and oxygen atoms in total. The van der Waals surface area contributed by atoms with Crippen LogP contribution in [0.15, 0.2) is 29.3 Å². The molecule has 0 fully saturated rings. The van der Waals surface area contributed by atoms with Crippen molar-refractivity contribution in [1.82, 2.24) is 15.6 Å². The number of hydrogen-bond donors (Lipinski definition) is 2. The van der Waals surface area contributed by atoms with Crippen molar-refractivity contribution in [3.63, 3.8) is 0 Å². The lowest BCUT2D eigenvalue weighted by Crippen LogP contribution is -2.38. The van der Waals surface area contributed by atoms with E-state index >= 15 is 0 Å². The van der Waals surface area contributed by atoms with Crippen LogP contribution >= 0.6 is 11.3 Å². The number of aromatic nitrogens is 1. The number of hydrogen-bond acceptors (Lipinski definition) is 6. The standard InChI is InChI=1S/C21H30N4O3S/c1-6-22-21(23-13-16-11-9-10-12-17(16)27-7-2)25-15(5)19-24-14(4)18(29-19)20(26)28-8-3/h9-12,15H,6-8,13H2,1-5H3,(H2,22,23,25). The van der Waals surface area contributed by atoms with Gasteiger partial charge in [-0.1, -0.05) is 18.2 Å². The number of benzene rings is 1. The lowest BCUT2D eigenvalue weighted by atomic mass is 10.2. The molecule has 29 heavy (non-hydrogen) atoms. The number of para-hydroxylation sites is 1. The predicted octanol–water partition coefficient (Wildman–Crippen LogP) is 3.84. The third-order valence-corrected chi connectivity index (χ3v) is 5.34. The first-order valence-electron chi connectivity index (χ1n) is 9.90. The number of aryl methyl sites for hydroxylation is 1. The van der Waals surface area contributed by atoms with E-state index in [0.29, 0.717) is 36.3 Å². The molecule has 0 bridgehead atoms. The number of esters is 1. The summed E-state index contributed by atoms with van der Waals surface area (Å²) in [6.07, 6.45) is 0. The van der Waals surface area contributed by atoms with E-state index in [-0.39, 0.29) is 12.0 Å². The summed E-state index contributed by atoms with van der Waals surface area (Å²) in [6, 6.07) is 7.78. The summed E-state index contributed by atoms with van der Waals surface area (Å²) in [5.41, 5.74) is 1.71. The third kappa shape index (κ3) is 6.45. The fourth-order valence-electron chi connectivity index (χ4n) is 2.67. The molecule has 158 valence electrons. The molecule has 8 heteroatoms. The van der Waals surface area contributed by atoms with Crippen LogP contribution in [0.25, 0.3) is 0 Å². The fourth-order valence-corrected chi connectivity index (χ4v) is 3.63. The highest BCUT2D eigenvalue weighted by Crippen LogP contribution is 2.24. The van der Waals surface area contributed by atoms with E-state index in [0.717, 1.165) is 22.9 Å². The first kappa shape index (κ1) is 22.7. The molecule has 2 N–H and O–H groups in total. The number of carbonyl (C=O) groups excluding carboxylic acids is 1. The second kappa shape index (κ2) is 11.4. The molecule has 0 radical (unpaired) electrons. The normalized spacial score (nSPS) is 12.4. The number of ether oxygens (including phenoxy) is 2. The average molecular weight is 419 g/mol. The Balaban J connectivity index is 2.13. The molecule has 0 saturated heterocycles. The van der Waals surface area contributed by atoms with Gasteiger partial charge in [0.15, 0.2) is 5.96 Å². The molecule has 0 aliphatic carbocycles. The van der Waals surface area contributed by atoms with Crippen LogP contribution in [0.4, 0.5) is 0 Å². The predicted molar refractivity (Wildman–Crippen MR) is 117 cm³/mol. The second-order valence-electron chi connectivity index (χ2n) is 6.29. The molecule has 2 aromatic rings. The van der Waals surface area contributed by atoms with Gasteiger partial charge in [-0.15, -0.1) is 11.3 Å². The molecule has 2 rings (SSSR count). The highest BCUT2D eigenvalue weighted by atomic mass is 32.1. The van der Waals surface area contributed by atoms with Gasteiger partial charge < -0.3 is 20.1 Å². The van der Waals surface area contributed by atoms with Crippen molar-refractivity contribution >= 4 is 23.3 Å². The summed E-state index contributed by atoms with van der Waals surface area (Å²) in [5.74, 6) is 1.20. The number of nitrogens with one attached hydrogen (secondary N) is 2. The average Bonchev–Trinajstić information content (AvgIpc) is 3.09. The van der Waals surface area contributed by atoms with E-state index in [2.05, 4.69) is 20.6 Å². The summed E-state index contributed by atoms with van der Waals surface area (Å²) < 4.78 is 10.8. The molecule has 1 atom stereocenters. The Morgan fingerprint density at radius 1 is 1.24 bits per heavy atom. The lowest BCUT2D eigenvalue weighted by molar-refractivity contribution is 0.0531. The zero-order chi connectivity index (χ0) is 21.2. The van der Waals surface area contributed by atoms with Crippen molar-refractivity contribution in [2.24, 2.45) is 4.99 Å².